The molecule has 0 saturated carbocycles. The highest BCUT2D eigenvalue weighted by molar-refractivity contribution is 7.81. The van der Waals surface area contributed by atoms with Crippen LogP contribution in [-0.2, 0) is 9.59 Å². The minimum Gasteiger partial charge on any atom is -0.510 e. The number of hydrogen-bond acceptors (Lipinski definition) is 6. The molecule has 0 rings (SSSR count). The van der Waals surface area contributed by atoms with Crippen LogP contribution in [0.25, 0.3) is 0 Å². The molecule has 0 saturated heterocycles. The average Bonchev–Trinajstić information content (AvgIpc) is 2.29. The Bertz CT molecular complexity index is 203. The van der Waals surface area contributed by atoms with Crippen molar-refractivity contribution in [2.24, 2.45) is 0 Å². The van der Waals surface area contributed by atoms with Crippen LogP contribution in [0.4, 0.5) is 0 Å². The molecule has 0 heterocycles. The molecule has 0 unspecified atom stereocenters. The van der Waals surface area contributed by atoms with Gasteiger partial charge in [-0.15, -0.1) is 0 Å². The molecule has 0 fully saturated rings. The molecule has 0 aliphatic carbocycles. The Hall–Kier alpha value is -0.860. The normalized spacial score (nSPS) is 9.12. The standard InChI is InChI=1S/C4H8O2.2C2H4O2S/c1-2-4(6)3-5;2*3-2(4)1-5/h2,5-6H,3H2,1H3;2*5H,1H2,(H,3,4). The minimum atomic E-state index is -0.881. The Labute approximate surface area is 104 Å². The molecule has 96 valence electrons. The maximum absolute atomic E-state index is 9.29. The molecule has 0 bridgehead atoms. The van der Waals surface area contributed by atoms with Gasteiger partial charge in [0.25, 0.3) is 0 Å². The van der Waals surface area contributed by atoms with Crippen molar-refractivity contribution in [2.75, 3.05) is 18.1 Å². The second-order valence-corrected chi connectivity index (χ2v) is 2.67. The highest BCUT2D eigenvalue weighted by Crippen LogP contribution is 1.79. The van der Waals surface area contributed by atoms with Gasteiger partial charge in [-0.2, -0.15) is 25.3 Å². The summed E-state index contributed by atoms with van der Waals surface area (Å²) in [5, 5.41) is 31.6. The van der Waals surface area contributed by atoms with E-state index >= 15 is 0 Å². The molecule has 0 aliphatic heterocycles. The summed E-state index contributed by atoms with van der Waals surface area (Å²) >= 11 is 6.83. The van der Waals surface area contributed by atoms with Gasteiger partial charge in [-0.1, -0.05) is 0 Å². The van der Waals surface area contributed by atoms with Crippen molar-refractivity contribution in [3.8, 4) is 0 Å². The van der Waals surface area contributed by atoms with E-state index in [0.29, 0.717) is 0 Å². The third-order valence-corrected chi connectivity index (χ3v) is 1.31. The van der Waals surface area contributed by atoms with Crippen LogP contribution in [0.1, 0.15) is 6.92 Å². The van der Waals surface area contributed by atoms with Crippen molar-refractivity contribution in [3.63, 3.8) is 0 Å². The van der Waals surface area contributed by atoms with Crippen molar-refractivity contribution in [1.29, 1.82) is 0 Å². The van der Waals surface area contributed by atoms with E-state index in [-0.39, 0.29) is 23.9 Å². The SMILES string of the molecule is CC=C(O)CO.O=C(O)CS.O=C(O)CS. The summed E-state index contributed by atoms with van der Waals surface area (Å²) in [5.74, 6) is -1.91. The molecule has 6 nitrogen and oxygen atoms in total. The van der Waals surface area contributed by atoms with Gasteiger partial charge < -0.3 is 20.4 Å². The van der Waals surface area contributed by atoms with Gasteiger partial charge in [0.05, 0.1) is 18.1 Å². The highest BCUT2D eigenvalue weighted by Gasteiger charge is 1.82. The van der Waals surface area contributed by atoms with Gasteiger partial charge in [-0.05, 0) is 13.0 Å². The van der Waals surface area contributed by atoms with Crippen LogP contribution in [0, 0.1) is 0 Å². The lowest BCUT2D eigenvalue weighted by atomic mass is 10.5. The summed E-state index contributed by atoms with van der Waals surface area (Å²) in [6.45, 7) is 1.40. The molecular weight excluding hydrogens is 256 g/mol. The lowest BCUT2D eigenvalue weighted by molar-refractivity contribution is -0.134. The molecule has 0 spiro atoms. The van der Waals surface area contributed by atoms with Gasteiger partial charge in [0.2, 0.25) is 0 Å². The zero-order valence-corrected chi connectivity index (χ0v) is 10.5. The van der Waals surface area contributed by atoms with Crippen LogP contribution >= 0.6 is 25.3 Å². The lowest BCUT2D eigenvalue weighted by Crippen LogP contribution is -1.92. The summed E-state index contributed by atoms with van der Waals surface area (Å²) in [4.78, 5) is 18.6. The minimum absolute atomic E-state index is 0.0231. The lowest BCUT2D eigenvalue weighted by Gasteiger charge is -1.84. The second-order valence-electron chi connectivity index (χ2n) is 2.04. The predicted octanol–water partition coefficient (Wildman–Crippen LogP) is 0.442. The highest BCUT2D eigenvalue weighted by atomic mass is 32.1. The zero-order valence-electron chi connectivity index (χ0n) is 8.70. The number of rotatable bonds is 3. The van der Waals surface area contributed by atoms with Crippen LogP contribution < -0.4 is 0 Å². The van der Waals surface area contributed by atoms with Gasteiger partial charge in [0, 0.05) is 0 Å². The van der Waals surface area contributed by atoms with Crippen molar-refractivity contribution in [3.05, 3.63) is 11.8 Å². The molecule has 0 radical (unpaired) electrons. The van der Waals surface area contributed by atoms with E-state index in [1.165, 1.54) is 6.08 Å². The van der Waals surface area contributed by atoms with E-state index in [1.807, 2.05) is 0 Å². The van der Waals surface area contributed by atoms with Gasteiger partial charge in [-0.25, -0.2) is 0 Å². The van der Waals surface area contributed by atoms with Gasteiger partial charge in [0.1, 0.15) is 5.76 Å². The number of aliphatic carboxylic acids is 2. The third-order valence-electron chi connectivity index (χ3n) is 0.766. The monoisotopic (exact) mass is 272 g/mol. The summed E-state index contributed by atoms with van der Waals surface area (Å²) in [6.07, 6.45) is 1.44. The molecule has 0 aromatic rings. The molecule has 0 aromatic heterocycles. The fraction of sp³-hybridized carbons (Fsp3) is 0.500. The average molecular weight is 272 g/mol. The number of aliphatic hydroxyl groups excluding tert-OH is 2. The quantitative estimate of drug-likeness (QED) is 0.328. The number of carboxylic acid groups (broad SMARTS) is 2. The molecule has 0 amide bonds. The Morgan fingerprint density at radius 2 is 1.31 bits per heavy atom. The zero-order chi connectivity index (χ0) is 13.6. The summed E-state index contributed by atoms with van der Waals surface area (Å²) < 4.78 is 0. The van der Waals surface area contributed by atoms with Crippen LogP contribution in [0.2, 0.25) is 0 Å². The van der Waals surface area contributed by atoms with Crippen LogP contribution in [0.3, 0.4) is 0 Å². The first kappa shape index (κ1) is 20.5. The summed E-state index contributed by atoms with van der Waals surface area (Å²) in [6, 6.07) is 0. The Morgan fingerprint density at radius 1 is 1.06 bits per heavy atom. The second kappa shape index (κ2) is 16.6. The number of thiol groups is 2. The van der Waals surface area contributed by atoms with E-state index in [4.69, 9.17) is 20.4 Å². The summed E-state index contributed by atoms with van der Waals surface area (Å²) in [7, 11) is 0. The number of aliphatic hydroxyl groups is 2. The fourth-order valence-corrected chi connectivity index (χ4v) is 0.0913. The molecule has 8 heteroatoms. The molecule has 16 heavy (non-hydrogen) atoms. The van der Waals surface area contributed by atoms with Crippen molar-refractivity contribution < 1.29 is 30.0 Å². The topological polar surface area (TPSA) is 115 Å². The van der Waals surface area contributed by atoms with E-state index in [2.05, 4.69) is 25.3 Å². The number of allylic oxidation sites excluding steroid dienone is 1. The molecule has 0 aliphatic rings. The number of carboxylic acids is 2. The third kappa shape index (κ3) is 38.0. The van der Waals surface area contributed by atoms with E-state index in [1.54, 1.807) is 6.92 Å². The first-order valence-corrected chi connectivity index (χ1v) is 5.22. The van der Waals surface area contributed by atoms with Crippen LogP contribution in [-0.4, -0.2) is 50.5 Å². The Morgan fingerprint density at radius 3 is 1.31 bits per heavy atom. The predicted molar refractivity (Wildman–Crippen MR) is 66.4 cm³/mol. The van der Waals surface area contributed by atoms with Crippen LogP contribution in [0.15, 0.2) is 11.8 Å². The Balaban J connectivity index is -0.000000160. The summed E-state index contributed by atoms with van der Waals surface area (Å²) in [5.41, 5.74) is 0. The largest absolute Gasteiger partial charge is 0.510 e. The van der Waals surface area contributed by atoms with Crippen molar-refractivity contribution in [2.45, 2.75) is 6.92 Å². The van der Waals surface area contributed by atoms with Gasteiger partial charge in [0.15, 0.2) is 0 Å². The molecule has 0 aromatic carbocycles. The Kier molecular flexibility index (Phi) is 21.3. The molecule has 4 N–H and O–H groups in total. The van der Waals surface area contributed by atoms with Crippen molar-refractivity contribution >= 4 is 37.2 Å². The van der Waals surface area contributed by atoms with E-state index in [0.717, 1.165) is 0 Å². The fourth-order valence-electron chi connectivity index (χ4n) is 0.0913. The van der Waals surface area contributed by atoms with Crippen LogP contribution in [0.5, 0.6) is 0 Å². The van der Waals surface area contributed by atoms with E-state index < -0.39 is 11.9 Å². The van der Waals surface area contributed by atoms with Gasteiger partial charge >= 0.3 is 11.9 Å². The first-order valence-electron chi connectivity index (χ1n) is 3.95. The van der Waals surface area contributed by atoms with E-state index in [9.17, 15) is 9.59 Å². The van der Waals surface area contributed by atoms with Crippen molar-refractivity contribution in [1.82, 2.24) is 0 Å². The molecular formula is C8H16O6S2. The maximum atomic E-state index is 9.29. The first-order chi connectivity index (χ1) is 7.35. The smallest absolute Gasteiger partial charge is 0.313 e. The van der Waals surface area contributed by atoms with Gasteiger partial charge in [-0.3, -0.25) is 9.59 Å². The maximum Gasteiger partial charge on any atom is 0.313 e. The number of hydrogen-bond donors (Lipinski definition) is 6. The number of carbonyl (C=O) groups is 2. The molecule has 0 atom stereocenters.